The van der Waals surface area contributed by atoms with Crippen LogP contribution in [-0.4, -0.2) is 18.5 Å². The van der Waals surface area contributed by atoms with Crippen molar-refractivity contribution >= 4 is 32.0 Å². The molecule has 5 nitrogen and oxygen atoms in total. The van der Waals surface area contributed by atoms with E-state index in [-0.39, 0.29) is 16.5 Å². The fourth-order valence-corrected chi connectivity index (χ4v) is 5.18. The molecule has 3 aromatic carbocycles. The Labute approximate surface area is 190 Å². The third-order valence-corrected chi connectivity index (χ3v) is 7.31. The van der Waals surface area contributed by atoms with Crippen LogP contribution in [0.4, 0.5) is 13.2 Å². The number of fused-ring (bicyclic) bond motifs is 1. The summed E-state index contributed by atoms with van der Waals surface area (Å²) in [4.78, 5) is 15.3. The highest BCUT2D eigenvalue weighted by atomic mass is 32.2. The Balaban J connectivity index is 0.000000331. The van der Waals surface area contributed by atoms with Gasteiger partial charge in [0.25, 0.3) is 0 Å². The summed E-state index contributed by atoms with van der Waals surface area (Å²) in [5.41, 5.74) is -4.14. The third-order valence-electron chi connectivity index (χ3n) is 4.38. The van der Waals surface area contributed by atoms with Gasteiger partial charge >= 0.3 is 11.1 Å². The molecular formula is C23H17F3O5S2. The minimum atomic E-state index is -6.09. The summed E-state index contributed by atoms with van der Waals surface area (Å²) < 4.78 is 64.3. The van der Waals surface area contributed by atoms with Gasteiger partial charge in [-0.25, -0.2) is 13.2 Å². The number of halogens is 3. The number of benzene rings is 3. The maximum absolute atomic E-state index is 11.6. The van der Waals surface area contributed by atoms with E-state index in [1.807, 2.05) is 24.3 Å². The van der Waals surface area contributed by atoms with Crippen LogP contribution in [0.3, 0.4) is 0 Å². The SMILES string of the molecule is Cc1cc2ccc(=O)oc2cc1[S+](c1ccccc1)c1ccccc1.O=S(=O)([O-])C(F)(F)F. The Kier molecular flexibility index (Phi) is 7.31. The van der Waals surface area contributed by atoms with Crippen LogP contribution in [0.15, 0.2) is 109 Å². The number of rotatable bonds is 3. The van der Waals surface area contributed by atoms with Gasteiger partial charge in [-0.05, 0) is 43.3 Å². The first-order chi connectivity index (χ1) is 15.5. The van der Waals surface area contributed by atoms with E-state index in [1.165, 1.54) is 26.3 Å². The van der Waals surface area contributed by atoms with E-state index in [1.54, 1.807) is 0 Å². The predicted octanol–water partition coefficient (Wildman–Crippen LogP) is 5.25. The van der Waals surface area contributed by atoms with Gasteiger partial charge in [-0.2, -0.15) is 13.2 Å². The van der Waals surface area contributed by atoms with Crippen molar-refractivity contribution in [3.05, 3.63) is 101 Å². The van der Waals surface area contributed by atoms with Gasteiger partial charge in [0.1, 0.15) is 5.58 Å². The van der Waals surface area contributed by atoms with Crippen molar-refractivity contribution in [3.8, 4) is 0 Å². The normalized spacial score (nSPS) is 11.8. The molecule has 0 spiro atoms. The second kappa shape index (κ2) is 9.82. The van der Waals surface area contributed by atoms with Crippen LogP contribution < -0.4 is 5.63 Å². The fourth-order valence-electron chi connectivity index (χ4n) is 2.93. The van der Waals surface area contributed by atoms with Gasteiger partial charge in [-0.15, -0.1) is 0 Å². The van der Waals surface area contributed by atoms with Crippen molar-refractivity contribution < 1.29 is 30.6 Å². The third kappa shape index (κ3) is 6.04. The van der Waals surface area contributed by atoms with Gasteiger partial charge in [0.05, 0.1) is 10.9 Å². The molecule has 0 N–H and O–H groups in total. The highest BCUT2D eigenvalue weighted by molar-refractivity contribution is 7.97. The molecule has 0 amide bonds. The summed E-state index contributed by atoms with van der Waals surface area (Å²) in [6, 6.07) is 28.3. The molecule has 1 aromatic heterocycles. The molecular weight excluding hydrogens is 477 g/mol. The highest BCUT2D eigenvalue weighted by Crippen LogP contribution is 2.34. The van der Waals surface area contributed by atoms with Gasteiger partial charge in [0.2, 0.25) is 0 Å². The minimum Gasteiger partial charge on any atom is -0.741 e. The van der Waals surface area contributed by atoms with Gasteiger partial charge < -0.3 is 8.97 Å². The predicted molar refractivity (Wildman–Crippen MR) is 118 cm³/mol. The molecule has 0 aliphatic rings. The Morgan fingerprint density at radius 1 is 0.848 bits per heavy atom. The van der Waals surface area contributed by atoms with Crippen molar-refractivity contribution in [1.82, 2.24) is 0 Å². The van der Waals surface area contributed by atoms with Crippen LogP contribution in [0.1, 0.15) is 5.56 Å². The first-order valence-electron chi connectivity index (χ1n) is 9.38. The van der Waals surface area contributed by atoms with Crippen molar-refractivity contribution in [3.63, 3.8) is 0 Å². The standard InChI is InChI=1S/C22H17O2S.CHF3O3S/c1-16-14-17-12-13-22(23)24-20(17)15-21(16)25(18-8-4-2-5-9-18)19-10-6-3-7-11-19;2-1(3,4)8(5,6)7/h2-15H,1H3;(H,5,6,7)/q+1;/p-1. The van der Waals surface area contributed by atoms with E-state index < -0.39 is 15.6 Å². The summed E-state index contributed by atoms with van der Waals surface area (Å²) in [6.07, 6.45) is 0. The van der Waals surface area contributed by atoms with E-state index in [2.05, 4.69) is 61.5 Å². The monoisotopic (exact) mass is 494 g/mol. The topological polar surface area (TPSA) is 87.4 Å². The Morgan fingerprint density at radius 3 is 1.79 bits per heavy atom. The molecule has 0 bridgehead atoms. The molecule has 0 unspecified atom stereocenters. The molecule has 172 valence electrons. The Morgan fingerprint density at radius 2 is 1.33 bits per heavy atom. The zero-order valence-electron chi connectivity index (χ0n) is 17.1. The van der Waals surface area contributed by atoms with Crippen molar-refractivity contribution in [2.75, 3.05) is 0 Å². The minimum absolute atomic E-state index is 0.251. The lowest BCUT2D eigenvalue weighted by atomic mass is 10.1. The van der Waals surface area contributed by atoms with E-state index >= 15 is 0 Å². The van der Waals surface area contributed by atoms with E-state index in [9.17, 15) is 18.0 Å². The van der Waals surface area contributed by atoms with Crippen LogP contribution in [0.2, 0.25) is 0 Å². The number of hydrogen-bond acceptors (Lipinski definition) is 5. The first kappa shape index (κ1) is 24.6. The lowest BCUT2D eigenvalue weighted by Gasteiger charge is -2.11. The summed E-state index contributed by atoms with van der Waals surface area (Å²) in [5, 5.41) is 0.950. The van der Waals surface area contributed by atoms with Crippen LogP contribution in [-0.2, 0) is 21.0 Å². The molecule has 0 saturated heterocycles. The van der Waals surface area contributed by atoms with Crippen molar-refractivity contribution in [1.29, 1.82) is 0 Å². The fraction of sp³-hybridized carbons (Fsp3) is 0.0870. The average molecular weight is 495 g/mol. The molecule has 1 heterocycles. The molecule has 4 rings (SSSR count). The van der Waals surface area contributed by atoms with Crippen LogP contribution >= 0.6 is 0 Å². The van der Waals surface area contributed by atoms with Gasteiger partial charge in [0, 0.05) is 23.1 Å². The average Bonchev–Trinajstić information content (AvgIpc) is 2.75. The molecule has 0 aliphatic carbocycles. The molecule has 0 fully saturated rings. The van der Waals surface area contributed by atoms with E-state index in [0.717, 1.165) is 5.39 Å². The van der Waals surface area contributed by atoms with Crippen LogP contribution in [0.5, 0.6) is 0 Å². The maximum Gasteiger partial charge on any atom is 0.485 e. The quantitative estimate of drug-likeness (QED) is 0.168. The number of alkyl halides is 3. The number of aryl methyl sites for hydroxylation is 1. The van der Waals surface area contributed by atoms with E-state index in [0.29, 0.717) is 5.58 Å². The maximum atomic E-state index is 11.6. The summed E-state index contributed by atoms with van der Waals surface area (Å²) in [5.74, 6) is 0. The van der Waals surface area contributed by atoms with Gasteiger partial charge in [-0.1, -0.05) is 36.4 Å². The molecule has 0 radical (unpaired) electrons. The van der Waals surface area contributed by atoms with Gasteiger partial charge in [0.15, 0.2) is 24.8 Å². The van der Waals surface area contributed by atoms with Crippen LogP contribution in [0, 0.1) is 6.92 Å². The Hall–Kier alpha value is -3.08. The second-order valence-corrected chi connectivity index (χ2v) is 10.1. The lowest BCUT2D eigenvalue weighted by molar-refractivity contribution is -0.0517. The first-order valence-corrected chi connectivity index (χ1v) is 12.0. The molecule has 33 heavy (non-hydrogen) atoms. The molecule has 0 aliphatic heterocycles. The van der Waals surface area contributed by atoms with Crippen molar-refractivity contribution in [2.45, 2.75) is 27.1 Å². The highest BCUT2D eigenvalue weighted by Gasteiger charge is 2.37. The van der Waals surface area contributed by atoms with Gasteiger partial charge in [-0.3, -0.25) is 0 Å². The zero-order chi connectivity index (χ0) is 24.2. The summed E-state index contributed by atoms with van der Waals surface area (Å²) in [6.45, 7) is 2.12. The second-order valence-electron chi connectivity index (χ2n) is 6.74. The lowest BCUT2D eigenvalue weighted by Crippen LogP contribution is -2.21. The van der Waals surface area contributed by atoms with Crippen molar-refractivity contribution in [2.24, 2.45) is 0 Å². The summed E-state index contributed by atoms with van der Waals surface area (Å²) in [7, 11) is -6.34. The largest absolute Gasteiger partial charge is 0.741 e. The number of hydrogen-bond donors (Lipinski definition) is 0. The molecule has 4 aromatic rings. The summed E-state index contributed by atoms with van der Waals surface area (Å²) >= 11 is 0. The zero-order valence-corrected chi connectivity index (χ0v) is 18.7. The molecule has 0 saturated carbocycles. The molecule has 0 atom stereocenters. The Bertz CT molecular complexity index is 1360. The smallest absolute Gasteiger partial charge is 0.485 e. The molecule has 10 heteroatoms. The van der Waals surface area contributed by atoms with Crippen LogP contribution in [0.25, 0.3) is 11.0 Å². The van der Waals surface area contributed by atoms with E-state index in [4.69, 9.17) is 17.4 Å².